The molecule has 3 rings (SSSR count). The summed E-state index contributed by atoms with van der Waals surface area (Å²) in [5.74, 6) is 1.03. The van der Waals surface area contributed by atoms with E-state index in [9.17, 15) is 18.5 Å². The number of aromatic nitrogens is 4. The average Bonchev–Trinajstić information content (AvgIpc) is 3.12. The van der Waals surface area contributed by atoms with E-state index in [1.165, 1.54) is 18.2 Å². The van der Waals surface area contributed by atoms with Crippen molar-refractivity contribution < 1.29 is 13.3 Å². The number of nitrogens with one attached hydrogen (secondary N) is 2. The molecule has 12 heteroatoms. The van der Waals surface area contributed by atoms with Gasteiger partial charge in [0.15, 0.2) is 5.82 Å². The van der Waals surface area contributed by atoms with Crippen LogP contribution in [-0.2, 0) is 10.0 Å². The lowest BCUT2D eigenvalue weighted by Crippen LogP contribution is -2.29. The van der Waals surface area contributed by atoms with Gasteiger partial charge in [0.2, 0.25) is 10.0 Å². The van der Waals surface area contributed by atoms with E-state index in [4.69, 9.17) is 0 Å². The molecule has 2 N–H and O–H groups in total. The number of non-ortho nitro benzene ring substituents is 1. The van der Waals surface area contributed by atoms with Crippen LogP contribution in [0.25, 0.3) is 5.82 Å². The van der Waals surface area contributed by atoms with Crippen molar-refractivity contribution in [2.75, 3.05) is 18.4 Å². The minimum atomic E-state index is -3.85. The summed E-state index contributed by atoms with van der Waals surface area (Å²) in [6.07, 6.45) is 1.77. The fourth-order valence-corrected chi connectivity index (χ4v) is 3.38. The summed E-state index contributed by atoms with van der Waals surface area (Å²) in [6.45, 7) is 2.18. The van der Waals surface area contributed by atoms with Crippen LogP contribution >= 0.6 is 0 Å². The Morgan fingerprint density at radius 1 is 1.14 bits per heavy atom. The molecule has 0 spiro atoms. The van der Waals surface area contributed by atoms with Gasteiger partial charge in [0, 0.05) is 31.4 Å². The molecule has 0 saturated carbocycles. The van der Waals surface area contributed by atoms with Crippen molar-refractivity contribution in [1.82, 2.24) is 24.7 Å². The first-order valence-electron chi connectivity index (χ1n) is 8.19. The molecule has 0 radical (unpaired) electrons. The van der Waals surface area contributed by atoms with E-state index in [0.717, 1.165) is 11.8 Å². The molecule has 0 aliphatic rings. The number of sulfonamides is 1. The highest BCUT2D eigenvalue weighted by atomic mass is 32.2. The second-order valence-corrected chi connectivity index (χ2v) is 7.52. The SMILES string of the molecule is Cc1ccn(-c2ccc(NCCNS(=O)(=O)c3cccc([N+](=O)[O-])c3)nn2)n1. The van der Waals surface area contributed by atoms with Crippen LogP contribution in [0.15, 0.2) is 53.6 Å². The minimum Gasteiger partial charge on any atom is -0.367 e. The molecule has 2 aromatic heterocycles. The predicted molar refractivity (Wildman–Crippen MR) is 101 cm³/mol. The Morgan fingerprint density at radius 2 is 1.96 bits per heavy atom. The van der Waals surface area contributed by atoms with Crippen LogP contribution in [0.1, 0.15) is 5.69 Å². The normalized spacial score (nSPS) is 11.3. The van der Waals surface area contributed by atoms with Crippen LogP contribution in [0, 0.1) is 17.0 Å². The van der Waals surface area contributed by atoms with Crippen LogP contribution in [0.3, 0.4) is 0 Å². The number of nitrogens with zero attached hydrogens (tertiary/aromatic N) is 5. The van der Waals surface area contributed by atoms with Gasteiger partial charge in [0.05, 0.1) is 15.5 Å². The Kier molecular flexibility index (Phi) is 5.61. The molecule has 0 aliphatic carbocycles. The molecule has 0 fully saturated rings. The van der Waals surface area contributed by atoms with Gasteiger partial charge < -0.3 is 5.32 Å². The van der Waals surface area contributed by atoms with E-state index >= 15 is 0 Å². The maximum absolute atomic E-state index is 12.2. The van der Waals surface area contributed by atoms with Gasteiger partial charge in [-0.15, -0.1) is 10.2 Å². The topological polar surface area (TPSA) is 145 Å². The van der Waals surface area contributed by atoms with Crippen molar-refractivity contribution in [2.45, 2.75) is 11.8 Å². The highest BCUT2D eigenvalue weighted by molar-refractivity contribution is 7.89. The summed E-state index contributed by atoms with van der Waals surface area (Å²) in [5.41, 5.74) is 0.573. The first-order valence-corrected chi connectivity index (χ1v) is 9.68. The maximum Gasteiger partial charge on any atom is 0.270 e. The van der Waals surface area contributed by atoms with Crippen molar-refractivity contribution in [3.63, 3.8) is 0 Å². The van der Waals surface area contributed by atoms with Crippen LogP contribution in [0.2, 0.25) is 0 Å². The highest BCUT2D eigenvalue weighted by Gasteiger charge is 2.16. The first kappa shape index (κ1) is 19.4. The first-order chi connectivity index (χ1) is 13.3. The predicted octanol–water partition coefficient (Wildman–Crippen LogP) is 1.27. The van der Waals surface area contributed by atoms with E-state index < -0.39 is 14.9 Å². The van der Waals surface area contributed by atoms with Crippen LogP contribution in [0.4, 0.5) is 11.5 Å². The molecule has 2 heterocycles. The Balaban J connectivity index is 1.54. The summed E-state index contributed by atoms with van der Waals surface area (Å²) >= 11 is 0. The van der Waals surface area contributed by atoms with Crippen molar-refractivity contribution in [1.29, 1.82) is 0 Å². The molecule has 0 aliphatic heterocycles. The fourth-order valence-electron chi connectivity index (χ4n) is 2.31. The summed E-state index contributed by atoms with van der Waals surface area (Å²) in [4.78, 5) is 9.96. The summed E-state index contributed by atoms with van der Waals surface area (Å²) in [6, 6.07) is 10.1. The number of benzene rings is 1. The summed E-state index contributed by atoms with van der Waals surface area (Å²) in [5, 5.41) is 26.0. The number of anilines is 1. The molecule has 0 bridgehead atoms. The van der Waals surface area contributed by atoms with Crippen molar-refractivity contribution in [3.05, 3.63) is 64.5 Å². The van der Waals surface area contributed by atoms with E-state index in [-0.39, 0.29) is 23.7 Å². The molecule has 0 saturated heterocycles. The summed E-state index contributed by atoms with van der Waals surface area (Å²) in [7, 11) is -3.85. The third-order valence-corrected chi connectivity index (χ3v) is 5.13. The lowest BCUT2D eigenvalue weighted by atomic mass is 10.3. The third kappa shape index (κ3) is 4.66. The molecule has 1 aromatic carbocycles. The van der Waals surface area contributed by atoms with Crippen molar-refractivity contribution >= 4 is 21.5 Å². The van der Waals surface area contributed by atoms with Gasteiger partial charge in [-0.1, -0.05) is 6.07 Å². The third-order valence-electron chi connectivity index (χ3n) is 3.67. The Labute approximate surface area is 160 Å². The number of aryl methyl sites for hydroxylation is 1. The van der Waals surface area contributed by atoms with Gasteiger partial charge >= 0.3 is 0 Å². The number of nitro benzene ring substituents is 1. The zero-order valence-electron chi connectivity index (χ0n) is 14.8. The van der Waals surface area contributed by atoms with Gasteiger partial charge in [-0.3, -0.25) is 10.1 Å². The van der Waals surface area contributed by atoms with Gasteiger partial charge in [-0.25, -0.2) is 17.8 Å². The lowest BCUT2D eigenvalue weighted by molar-refractivity contribution is -0.385. The minimum absolute atomic E-state index is 0.0623. The molecular formula is C16H17N7O4S. The molecule has 11 nitrogen and oxygen atoms in total. The molecule has 146 valence electrons. The molecular weight excluding hydrogens is 386 g/mol. The van der Waals surface area contributed by atoms with E-state index in [0.29, 0.717) is 11.6 Å². The van der Waals surface area contributed by atoms with Crippen LogP contribution in [0.5, 0.6) is 0 Å². The van der Waals surface area contributed by atoms with Crippen molar-refractivity contribution in [2.24, 2.45) is 0 Å². The summed E-state index contributed by atoms with van der Waals surface area (Å²) < 4.78 is 28.4. The number of hydrogen-bond acceptors (Lipinski definition) is 8. The lowest BCUT2D eigenvalue weighted by Gasteiger charge is -2.08. The second-order valence-electron chi connectivity index (χ2n) is 5.76. The second kappa shape index (κ2) is 8.10. The Hall–Kier alpha value is -3.38. The van der Waals surface area contributed by atoms with Gasteiger partial charge in [-0.2, -0.15) is 5.10 Å². The quantitative estimate of drug-likeness (QED) is 0.325. The van der Waals surface area contributed by atoms with E-state index in [2.05, 4.69) is 25.3 Å². The molecule has 0 unspecified atom stereocenters. The van der Waals surface area contributed by atoms with Crippen LogP contribution in [-0.4, -0.2) is 46.4 Å². The Morgan fingerprint density at radius 3 is 2.61 bits per heavy atom. The van der Waals surface area contributed by atoms with Gasteiger partial charge in [-0.05, 0) is 31.2 Å². The standard InChI is InChI=1S/C16H17N7O4S/c1-12-7-10-22(21-12)16-6-5-15(19-20-16)17-8-9-18-28(26,27)14-4-2-3-13(11-14)23(24)25/h2-7,10-11,18H,8-9H2,1H3,(H,17,19). The molecule has 3 aromatic rings. The average molecular weight is 403 g/mol. The van der Waals surface area contributed by atoms with Gasteiger partial charge in [0.1, 0.15) is 5.82 Å². The van der Waals surface area contributed by atoms with Crippen molar-refractivity contribution in [3.8, 4) is 5.82 Å². The van der Waals surface area contributed by atoms with E-state index in [1.54, 1.807) is 23.0 Å². The maximum atomic E-state index is 12.2. The number of rotatable bonds is 8. The van der Waals surface area contributed by atoms with Gasteiger partial charge in [0.25, 0.3) is 5.69 Å². The highest BCUT2D eigenvalue weighted by Crippen LogP contribution is 2.17. The molecule has 0 amide bonds. The van der Waals surface area contributed by atoms with Crippen LogP contribution < -0.4 is 10.0 Å². The Bertz CT molecular complexity index is 1080. The number of nitro groups is 1. The fraction of sp³-hybridized carbons (Fsp3) is 0.188. The molecule has 0 atom stereocenters. The zero-order valence-corrected chi connectivity index (χ0v) is 15.6. The molecule has 28 heavy (non-hydrogen) atoms. The number of hydrogen-bond donors (Lipinski definition) is 2. The van der Waals surface area contributed by atoms with E-state index in [1.807, 2.05) is 13.0 Å². The smallest absolute Gasteiger partial charge is 0.270 e. The zero-order chi connectivity index (χ0) is 20.1. The monoisotopic (exact) mass is 403 g/mol. The largest absolute Gasteiger partial charge is 0.367 e.